The van der Waals surface area contributed by atoms with Gasteiger partial charge in [-0.2, -0.15) is 5.10 Å². The van der Waals surface area contributed by atoms with Crippen molar-refractivity contribution >= 4 is 28.5 Å². The van der Waals surface area contributed by atoms with Gasteiger partial charge in [-0.15, -0.1) is 5.10 Å². The molecule has 0 bridgehead atoms. The van der Waals surface area contributed by atoms with Gasteiger partial charge in [-0.3, -0.25) is 5.10 Å². The third-order valence-corrected chi connectivity index (χ3v) is 3.22. The SMILES string of the molecule is CCOC(=O)c1cc(-c2cnns2)nc2[nH]ncc12. The Bertz CT molecular complexity index is 722. The number of rotatable bonds is 3. The zero-order valence-corrected chi connectivity index (χ0v) is 10.8. The third kappa shape index (κ3) is 2.06. The number of aromatic nitrogens is 5. The molecular formula is C11H9N5O2S. The summed E-state index contributed by atoms with van der Waals surface area (Å²) in [6.45, 7) is 2.08. The van der Waals surface area contributed by atoms with E-state index in [9.17, 15) is 4.79 Å². The van der Waals surface area contributed by atoms with Crippen molar-refractivity contribution in [2.45, 2.75) is 6.92 Å². The van der Waals surface area contributed by atoms with Gasteiger partial charge in [0.2, 0.25) is 0 Å². The monoisotopic (exact) mass is 275 g/mol. The molecule has 0 spiro atoms. The number of nitrogens with zero attached hydrogens (tertiary/aromatic N) is 4. The Kier molecular flexibility index (Phi) is 2.92. The first-order chi connectivity index (χ1) is 9.29. The van der Waals surface area contributed by atoms with Crippen molar-refractivity contribution in [3.05, 3.63) is 24.0 Å². The second-order valence-electron chi connectivity index (χ2n) is 3.69. The van der Waals surface area contributed by atoms with E-state index in [4.69, 9.17) is 4.74 Å². The maximum absolute atomic E-state index is 12.0. The lowest BCUT2D eigenvalue weighted by atomic mass is 10.1. The molecule has 3 aromatic rings. The summed E-state index contributed by atoms with van der Waals surface area (Å²) < 4.78 is 8.83. The van der Waals surface area contributed by atoms with E-state index in [1.807, 2.05) is 0 Å². The van der Waals surface area contributed by atoms with Crippen LogP contribution in [0.4, 0.5) is 0 Å². The molecule has 0 fully saturated rings. The highest BCUT2D eigenvalue weighted by Crippen LogP contribution is 2.25. The summed E-state index contributed by atoms with van der Waals surface area (Å²) in [5, 5.41) is 11.1. The Hall–Kier alpha value is -2.35. The van der Waals surface area contributed by atoms with Gasteiger partial charge < -0.3 is 4.74 Å². The molecule has 0 saturated carbocycles. The minimum Gasteiger partial charge on any atom is -0.462 e. The lowest BCUT2D eigenvalue weighted by molar-refractivity contribution is 0.0528. The summed E-state index contributed by atoms with van der Waals surface area (Å²) in [6, 6.07) is 1.67. The van der Waals surface area contributed by atoms with Crippen LogP contribution in [0, 0.1) is 0 Å². The average molecular weight is 275 g/mol. The summed E-state index contributed by atoms with van der Waals surface area (Å²) in [7, 11) is 0. The Morgan fingerprint density at radius 2 is 2.37 bits per heavy atom. The van der Waals surface area contributed by atoms with Crippen LogP contribution in [0.2, 0.25) is 0 Å². The van der Waals surface area contributed by atoms with Gasteiger partial charge in [0.15, 0.2) is 5.65 Å². The molecule has 19 heavy (non-hydrogen) atoms. The lowest BCUT2D eigenvalue weighted by Crippen LogP contribution is -2.06. The number of H-pyrrole nitrogens is 1. The molecule has 0 amide bonds. The van der Waals surface area contributed by atoms with Crippen LogP contribution in [0.1, 0.15) is 17.3 Å². The molecule has 0 aromatic carbocycles. The highest BCUT2D eigenvalue weighted by molar-refractivity contribution is 7.09. The van der Waals surface area contributed by atoms with Gasteiger partial charge in [0, 0.05) is 0 Å². The molecule has 0 unspecified atom stereocenters. The standard InChI is InChI=1S/C11H9N5O2S/c1-2-18-11(17)6-3-8(9-5-13-16-19-9)14-10-7(6)4-12-15-10/h3-5H,2H2,1H3,(H,12,14,15). The quantitative estimate of drug-likeness (QED) is 0.730. The molecule has 0 aliphatic heterocycles. The van der Waals surface area contributed by atoms with Crippen LogP contribution in [-0.2, 0) is 4.74 Å². The predicted octanol–water partition coefficient (Wildman–Crippen LogP) is 1.65. The number of pyridine rings is 1. The van der Waals surface area contributed by atoms with Gasteiger partial charge in [-0.25, -0.2) is 9.78 Å². The maximum atomic E-state index is 12.0. The smallest absolute Gasteiger partial charge is 0.339 e. The highest BCUT2D eigenvalue weighted by Gasteiger charge is 2.16. The Labute approximate surface area is 111 Å². The van der Waals surface area contributed by atoms with E-state index < -0.39 is 5.97 Å². The van der Waals surface area contributed by atoms with Crippen molar-refractivity contribution in [1.29, 1.82) is 0 Å². The first-order valence-electron chi connectivity index (χ1n) is 5.58. The number of esters is 1. The van der Waals surface area contributed by atoms with Crippen LogP contribution < -0.4 is 0 Å². The molecule has 0 radical (unpaired) electrons. The van der Waals surface area contributed by atoms with E-state index in [0.29, 0.717) is 28.9 Å². The van der Waals surface area contributed by atoms with Gasteiger partial charge in [-0.1, -0.05) is 4.49 Å². The number of ether oxygens (including phenoxy) is 1. The van der Waals surface area contributed by atoms with Crippen LogP contribution >= 0.6 is 11.5 Å². The van der Waals surface area contributed by atoms with E-state index in [0.717, 1.165) is 4.88 Å². The van der Waals surface area contributed by atoms with Crippen molar-refractivity contribution in [3.63, 3.8) is 0 Å². The zero-order valence-electron chi connectivity index (χ0n) is 9.95. The molecule has 0 aliphatic carbocycles. The predicted molar refractivity (Wildman–Crippen MR) is 68.7 cm³/mol. The molecular weight excluding hydrogens is 266 g/mol. The fourth-order valence-corrected chi connectivity index (χ4v) is 2.19. The highest BCUT2D eigenvalue weighted by atomic mass is 32.1. The van der Waals surface area contributed by atoms with E-state index in [-0.39, 0.29) is 0 Å². The van der Waals surface area contributed by atoms with Crippen LogP contribution in [0.25, 0.3) is 21.6 Å². The Morgan fingerprint density at radius 1 is 1.47 bits per heavy atom. The molecule has 0 saturated heterocycles. The number of nitrogens with one attached hydrogen (secondary N) is 1. The van der Waals surface area contributed by atoms with Crippen LogP contribution in [0.5, 0.6) is 0 Å². The lowest BCUT2D eigenvalue weighted by Gasteiger charge is -2.04. The van der Waals surface area contributed by atoms with Crippen LogP contribution in [0.15, 0.2) is 18.5 Å². The molecule has 3 rings (SSSR count). The summed E-state index contributed by atoms with van der Waals surface area (Å²) in [5.41, 5.74) is 1.59. The first-order valence-corrected chi connectivity index (χ1v) is 6.36. The largest absolute Gasteiger partial charge is 0.462 e. The second-order valence-corrected chi connectivity index (χ2v) is 4.48. The van der Waals surface area contributed by atoms with Crippen molar-refractivity contribution < 1.29 is 9.53 Å². The minimum atomic E-state index is -0.393. The summed E-state index contributed by atoms with van der Waals surface area (Å²) >= 11 is 1.21. The normalized spacial score (nSPS) is 10.8. The number of carbonyl (C=O) groups excluding carboxylic acids is 1. The number of aromatic amines is 1. The van der Waals surface area contributed by atoms with Gasteiger partial charge in [0.25, 0.3) is 0 Å². The van der Waals surface area contributed by atoms with E-state index >= 15 is 0 Å². The maximum Gasteiger partial charge on any atom is 0.339 e. The molecule has 3 heterocycles. The van der Waals surface area contributed by atoms with Crippen molar-refractivity contribution in [2.75, 3.05) is 6.61 Å². The van der Waals surface area contributed by atoms with Gasteiger partial charge >= 0.3 is 5.97 Å². The van der Waals surface area contributed by atoms with E-state index in [1.165, 1.54) is 11.5 Å². The van der Waals surface area contributed by atoms with E-state index in [2.05, 4.69) is 24.8 Å². The Balaban J connectivity index is 2.18. The second kappa shape index (κ2) is 4.73. The molecule has 8 heteroatoms. The number of fused-ring (bicyclic) bond motifs is 1. The summed E-state index contributed by atoms with van der Waals surface area (Å²) in [6.07, 6.45) is 3.16. The number of hydrogen-bond donors (Lipinski definition) is 1. The average Bonchev–Trinajstić information content (AvgIpc) is 3.08. The molecule has 1 N–H and O–H groups in total. The van der Waals surface area contributed by atoms with Gasteiger partial charge in [0.05, 0.1) is 40.5 Å². The topological polar surface area (TPSA) is 93.6 Å². The van der Waals surface area contributed by atoms with Gasteiger partial charge in [-0.05, 0) is 24.5 Å². The molecule has 96 valence electrons. The third-order valence-electron chi connectivity index (χ3n) is 2.53. The summed E-state index contributed by atoms with van der Waals surface area (Å²) in [5.74, 6) is -0.393. The molecule has 0 atom stereocenters. The minimum absolute atomic E-state index is 0.317. The van der Waals surface area contributed by atoms with E-state index in [1.54, 1.807) is 25.4 Å². The van der Waals surface area contributed by atoms with Crippen molar-refractivity contribution in [3.8, 4) is 10.6 Å². The zero-order chi connectivity index (χ0) is 13.2. The number of hydrogen-bond acceptors (Lipinski definition) is 7. The van der Waals surface area contributed by atoms with Gasteiger partial charge in [0.1, 0.15) is 0 Å². The van der Waals surface area contributed by atoms with Crippen LogP contribution in [-0.4, -0.2) is 37.3 Å². The molecule has 0 aliphatic rings. The van der Waals surface area contributed by atoms with Crippen molar-refractivity contribution in [1.82, 2.24) is 24.8 Å². The fraction of sp³-hybridized carbons (Fsp3) is 0.182. The summed E-state index contributed by atoms with van der Waals surface area (Å²) in [4.78, 5) is 17.1. The fourth-order valence-electron chi connectivity index (χ4n) is 1.71. The first kappa shape index (κ1) is 11.7. The van der Waals surface area contributed by atoms with Crippen molar-refractivity contribution in [2.24, 2.45) is 0 Å². The number of carbonyl (C=O) groups is 1. The molecule has 7 nitrogen and oxygen atoms in total. The van der Waals surface area contributed by atoms with Crippen LogP contribution in [0.3, 0.4) is 0 Å². The molecule has 3 aromatic heterocycles. The Morgan fingerprint density at radius 3 is 3.11 bits per heavy atom.